The normalized spacial score (nSPS) is 18.1. The Morgan fingerprint density at radius 1 is 1.30 bits per heavy atom. The number of anilines is 1. The summed E-state index contributed by atoms with van der Waals surface area (Å²) in [5, 5.41) is 9.40. The van der Waals surface area contributed by atoms with Crippen molar-refractivity contribution in [3.05, 3.63) is 39.9 Å². The van der Waals surface area contributed by atoms with Gasteiger partial charge < -0.3 is 24.2 Å². The minimum atomic E-state index is -1.59. The SMILES string of the molecule is C/C=C(/Cl)c1c(N2CCN(C)CC2)c(F)cc2c(=O)c(OC(=O)O)cn(C3CC3)c12. The average molecular weight is 436 g/mol. The van der Waals surface area contributed by atoms with E-state index in [4.69, 9.17) is 21.4 Å². The number of hydrogen-bond donors (Lipinski definition) is 1. The zero-order valence-electron chi connectivity index (χ0n) is 16.8. The van der Waals surface area contributed by atoms with E-state index in [1.165, 1.54) is 12.3 Å². The summed E-state index contributed by atoms with van der Waals surface area (Å²) in [5.74, 6) is -0.898. The van der Waals surface area contributed by atoms with Gasteiger partial charge in [-0.2, -0.15) is 0 Å². The number of halogens is 2. The number of hydrogen-bond acceptors (Lipinski definition) is 5. The van der Waals surface area contributed by atoms with Crippen LogP contribution < -0.4 is 15.1 Å². The van der Waals surface area contributed by atoms with E-state index in [0.717, 1.165) is 25.9 Å². The highest BCUT2D eigenvalue weighted by atomic mass is 35.5. The van der Waals surface area contributed by atoms with Crippen molar-refractivity contribution >= 4 is 39.4 Å². The highest BCUT2D eigenvalue weighted by molar-refractivity contribution is 6.50. The van der Waals surface area contributed by atoms with Gasteiger partial charge >= 0.3 is 6.16 Å². The van der Waals surface area contributed by atoms with E-state index in [9.17, 15) is 9.59 Å². The molecular weight excluding hydrogens is 413 g/mol. The molecule has 1 N–H and O–H groups in total. The number of allylic oxidation sites excluding steroid dienone is 1. The summed E-state index contributed by atoms with van der Waals surface area (Å²) in [7, 11) is 2.02. The van der Waals surface area contributed by atoms with Crippen LogP contribution in [0.15, 0.2) is 23.1 Å². The molecule has 7 nitrogen and oxygen atoms in total. The van der Waals surface area contributed by atoms with E-state index < -0.39 is 17.4 Å². The third kappa shape index (κ3) is 3.65. The number of fused-ring (bicyclic) bond motifs is 1. The summed E-state index contributed by atoms with van der Waals surface area (Å²) in [6.45, 7) is 4.59. The molecule has 0 amide bonds. The molecule has 1 aromatic heterocycles. The lowest BCUT2D eigenvalue weighted by molar-refractivity contribution is 0.143. The molecule has 0 spiro atoms. The molecule has 2 aliphatic rings. The van der Waals surface area contributed by atoms with Crippen LogP contribution in [0.25, 0.3) is 15.9 Å². The van der Waals surface area contributed by atoms with Crippen LogP contribution in [0.2, 0.25) is 0 Å². The predicted molar refractivity (Wildman–Crippen MR) is 114 cm³/mol. The van der Waals surface area contributed by atoms with Gasteiger partial charge in [0.15, 0.2) is 5.75 Å². The van der Waals surface area contributed by atoms with Crippen LogP contribution in [0.4, 0.5) is 14.9 Å². The fraction of sp³-hybridized carbons (Fsp3) is 0.429. The molecule has 1 aliphatic carbocycles. The van der Waals surface area contributed by atoms with Crippen molar-refractivity contribution in [3.8, 4) is 5.75 Å². The van der Waals surface area contributed by atoms with Crippen molar-refractivity contribution in [3.63, 3.8) is 0 Å². The van der Waals surface area contributed by atoms with E-state index >= 15 is 4.39 Å². The van der Waals surface area contributed by atoms with Crippen molar-refractivity contribution < 1.29 is 19.0 Å². The Bertz CT molecular complexity index is 1100. The molecule has 1 saturated heterocycles. The molecule has 0 unspecified atom stereocenters. The lowest BCUT2D eigenvalue weighted by Crippen LogP contribution is -2.45. The average Bonchev–Trinajstić information content (AvgIpc) is 3.54. The second kappa shape index (κ2) is 7.92. The fourth-order valence-electron chi connectivity index (χ4n) is 3.97. The minimum absolute atomic E-state index is 0.0611. The van der Waals surface area contributed by atoms with Crippen molar-refractivity contribution in [2.45, 2.75) is 25.8 Å². The van der Waals surface area contributed by atoms with Crippen LogP contribution in [0.5, 0.6) is 5.75 Å². The van der Waals surface area contributed by atoms with Crippen LogP contribution in [0.3, 0.4) is 0 Å². The lowest BCUT2D eigenvalue weighted by atomic mass is 10.0. The van der Waals surface area contributed by atoms with Crippen molar-refractivity contribution in [2.75, 3.05) is 38.1 Å². The molecule has 0 radical (unpaired) electrons. The summed E-state index contributed by atoms with van der Waals surface area (Å²) in [6.07, 6.45) is 3.25. The Morgan fingerprint density at radius 2 is 1.97 bits per heavy atom. The standard InChI is InChI=1S/C21H23ClFN3O4/c1-3-14(22)17-18-13(10-15(23)19(17)25-8-6-24(2)7-9-25)20(27)16(30-21(28)29)11-26(18)12-4-5-12/h3,10-12H,4-9H2,1-2H3,(H,28,29)/b14-3+. The van der Waals surface area contributed by atoms with Crippen LogP contribution in [-0.2, 0) is 0 Å². The quantitative estimate of drug-likeness (QED) is 0.734. The van der Waals surface area contributed by atoms with Crippen LogP contribution in [0, 0.1) is 5.82 Å². The van der Waals surface area contributed by atoms with Gasteiger partial charge in [-0.1, -0.05) is 17.7 Å². The zero-order chi connectivity index (χ0) is 21.6. The fourth-order valence-corrected chi connectivity index (χ4v) is 4.15. The molecule has 2 heterocycles. The zero-order valence-corrected chi connectivity index (χ0v) is 17.6. The third-order valence-corrected chi connectivity index (χ3v) is 6.07. The lowest BCUT2D eigenvalue weighted by Gasteiger charge is -2.35. The monoisotopic (exact) mass is 435 g/mol. The molecule has 4 rings (SSSR count). The highest BCUT2D eigenvalue weighted by Gasteiger charge is 2.31. The predicted octanol–water partition coefficient (Wildman–Crippen LogP) is 3.88. The molecular formula is C21H23ClFN3O4. The molecule has 0 atom stereocenters. The van der Waals surface area contributed by atoms with Gasteiger partial charge in [0, 0.05) is 42.8 Å². The van der Waals surface area contributed by atoms with Gasteiger partial charge in [0.05, 0.1) is 22.8 Å². The maximum Gasteiger partial charge on any atom is 0.511 e. The van der Waals surface area contributed by atoms with Crippen molar-refractivity contribution in [2.24, 2.45) is 0 Å². The first-order chi connectivity index (χ1) is 14.3. The summed E-state index contributed by atoms with van der Waals surface area (Å²) < 4.78 is 21.9. The topological polar surface area (TPSA) is 75.0 Å². The molecule has 0 bridgehead atoms. The second-order valence-corrected chi connectivity index (χ2v) is 8.14. The van der Waals surface area contributed by atoms with E-state index in [0.29, 0.717) is 34.9 Å². The summed E-state index contributed by atoms with van der Waals surface area (Å²) in [5.41, 5.74) is 0.678. The highest BCUT2D eigenvalue weighted by Crippen LogP contribution is 2.43. The molecule has 2 fully saturated rings. The maximum atomic E-state index is 15.4. The number of benzene rings is 1. The van der Waals surface area contributed by atoms with Gasteiger partial charge in [0.2, 0.25) is 5.43 Å². The first kappa shape index (κ1) is 20.7. The molecule has 30 heavy (non-hydrogen) atoms. The second-order valence-electron chi connectivity index (χ2n) is 7.73. The number of carboxylic acid groups (broad SMARTS) is 1. The Kier molecular flexibility index (Phi) is 5.46. The summed E-state index contributed by atoms with van der Waals surface area (Å²) in [6, 6.07) is 1.26. The van der Waals surface area contributed by atoms with E-state index in [2.05, 4.69) is 4.90 Å². The minimum Gasteiger partial charge on any atom is -0.449 e. The number of aromatic nitrogens is 1. The van der Waals surface area contributed by atoms with Crippen LogP contribution >= 0.6 is 11.6 Å². The maximum absolute atomic E-state index is 15.4. The summed E-state index contributed by atoms with van der Waals surface area (Å²) in [4.78, 5) is 28.1. The number of carbonyl (C=O) groups is 1. The molecule has 9 heteroatoms. The van der Waals surface area contributed by atoms with Crippen molar-refractivity contribution in [1.82, 2.24) is 9.47 Å². The third-order valence-electron chi connectivity index (χ3n) is 5.66. The molecule has 1 saturated carbocycles. The largest absolute Gasteiger partial charge is 0.511 e. The Labute approximate surface area is 177 Å². The van der Waals surface area contributed by atoms with E-state index in [1.807, 2.05) is 16.5 Å². The van der Waals surface area contributed by atoms with Gasteiger partial charge in [-0.25, -0.2) is 9.18 Å². The van der Waals surface area contributed by atoms with Crippen LogP contribution in [-0.4, -0.2) is 54.0 Å². The van der Waals surface area contributed by atoms with Crippen LogP contribution in [0.1, 0.15) is 31.4 Å². The van der Waals surface area contributed by atoms with Gasteiger partial charge in [-0.3, -0.25) is 4.79 Å². The van der Waals surface area contributed by atoms with Gasteiger partial charge in [-0.05, 0) is 32.9 Å². The molecule has 2 aromatic rings. The van der Waals surface area contributed by atoms with Crippen molar-refractivity contribution in [1.29, 1.82) is 0 Å². The molecule has 1 aliphatic heterocycles. The van der Waals surface area contributed by atoms with Gasteiger partial charge in [0.1, 0.15) is 5.82 Å². The Morgan fingerprint density at radius 3 is 2.53 bits per heavy atom. The smallest absolute Gasteiger partial charge is 0.449 e. The Hall–Kier alpha value is -2.58. The van der Waals surface area contributed by atoms with Gasteiger partial charge in [0.25, 0.3) is 0 Å². The molecule has 1 aromatic carbocycles. The van der Waals surface area contributed by atoms with Gasteiger partial charge in [-0.15, -0.1) is 0 Å². The Balaban J connectivity index is 2.05. The molecule has 160 valence electrons. The number of nitrogens with zero attached hydrogens (tertiary/aromatic N) is 3. The van der Waals surface area contributed by atoms with E-state index in [1.54, 1.807) is 13.0 Å². The van der Waals surface area contributed by atoms with E-state index in [-0.39, 0.29) is 17.2 Å². The first-order valence-electron chi connectivity index (χ1n) is 9.89. The number of rotatable bonds is 4. The number of piperazine rings is 1. The number of ether oxygens (including phenoxy) is 1. The number of pyridine rings is 1. The first-order valence-corrected chi connectivity index (χ1v) is 10.3. The number of likely N-dealkylation sites (N-methyl/N-ethyl adjacent to an activating group) is 1. The summed E-state index contributed by atoms with van der Waals surface area (Å²) >= 11 is 6.58.